The van der Waals surface area contributed by atoms with E-state index in [0.717, 1.165) is 54.3 Å². The molecule has 0 radical (unpaired) electrons. The predicted octanol–water partition coefficient (Wildman–Crippen LogP) is 5.04. The Bertz CT molecular complexity index is 1180. The molecule has 5 nitrogen and oxygen atoms in total. The second kappa shape index (κ2) is 10.0. The molecule has 0 bridgehead atoms. The van der Waals surface area contributed by atoms with Crippen LogP contribution in [0.3, 0.4) is 0 Å². The van der Waals surface area contributed by atoms with E-state index >= 15 is 0 Å². The molecule has 1 atom stereocenters. The fourth-order valence-electron chi connectivity index (χ4n) is 4.73. The number of halogens is 1. The predicted molar refractivity (Wildman–Crippen MR) is 126 cm³/mol. The van der Waals surface area contributed by atoms with Gasteiger partial charge < -0.3 is 9.64 Å². The normalized spacial score (nSPS) is 15.1. The number of likely N-dealkylation sites (N-methyl/N-ethyl adjacent to an activating group) is 1. The van der Waals surface area contributed by atoms with Crippen molar-refractivity contribution >= 4 is 16.7 Å². The van der Waals surface area contributed by atoms with Crippen LogP contribution in [0.2, 0.25) is 0 Å². The summed E-state index contributed by atoms with van der Waals surface area (Å²) in [6.07, 6.45) is 3.23. The average molecular weight is 446 g/mol. The molecule has 3 aromatic rings. The lowest BCUT2D eigenvalue weighted by molar-refractivity contribution is -0.137. The second-order valence-corrected chi connectivity index (χ2v) is 8.51. The molecular weight excluding hydrogens is 417 g/mol. The molecule has 0 N–H and O–H groups in total. The van der Waals surface area contributed by atoms with Crippen molar-refractivity contribution in [2.45, 2.75) is 31.8 Å². The number of ether oxygens (including phenoxy) is 1. The van der Waals surface area contributed by atoms with Crippen LogP contribution in [0.15, 0.2) is 54.6 Å². The van der Waals surface area contributed by atoms with E-state index in [-0.39, 0.29) is 11.7 Å². The second-order valence-electron chi connectivity index (χ2n) is 8.51. The maximum absolute atomic E-state index is 13.8. The summed E-state index contributed by atoms with van der Waals surface area (Å²) in [4.78, 5) is 17.7. The number of methoxy groups -OCH3 is 1. The summed E-state index contributed by atoms with van der Waals surface area (Å²) < 4.78 is 19.2. The summed E-state index contributed by atoms with van der Waals surface area (Å²) in [6, 6.07) is 17.6. The Kier molecular flexibility index (Phi) is 6.90. The highest BCUT2D eigenvalue weighted by atomic mass is 19.1. The van der Waals surface area contributed by atoms with Gasteiger partial charge in [-0.05, 0) is 60.5 Å². The number of carbonyl (C=O) groups excluding carboxylic acids is 1. The third-order valence-corrected chi connectivity index (χ3v) is 6.38. The van der Waals surface area contributed by atoms with Crippen LogP contribution >= 0.6 is 0 Å². The van der Waals surface area contributed by atoms with Gasteiger partial charge in [0.05, 0.1) is 12.7 Å². The molecule has 170 valence electrons. The van der Waals surface area contributed by atoms with E-state index in [9.17, 15) is 14.4 Å². The number of hydrogen-bond donors (Lipinski definition) is 0. The highest BCUT2D eigenvalue weighted by molar-refractivity contribution is 5.91. The maximum atomic E-state index is 13.8. The number of likely N-dealkylation sites (tertiary alicyclic amines) is 1. The molecule has 33 heavy (non-hydrogen) atoms. The van der Waals surface area contributed by atoms with Gasteiger partial charge in [-0.25, -0.2) is 4.39 Å². The maximum Gasteiger partial charge on any atom is 0.244 e. The van der Waals surface area contributed by atoms with Crippen molar-refractivity contribution in [2.24, 2.45) is 0 Å². The monoisotopic (exact) mass is 445 g/mol. The fraction of sp³-hybridized carbons (Fsp3) is 0.333. The Morgan fingerprint density at radius 1 is 1.15 bits per heavy atom. The van der Waals surface area contributed by atoms with Crippen LogP contribution in [0, 0.1) is 17.1 Å². The zero-order chi connectivity index (χ0) is 23.4. The lowest BCUT2D eigenvalue weighted by Gasteiger charge is -2.36. The van der Waals surface area contributed by atoms with Gasteiger partial charge in [0, 0.05) is 19.2 Å². The number of amides is 1. The zero-order valence-corrected chi connectivity index (χ0v) is 19.1. The van der Waals surface area contributed by atoms with Crippen LogP contribution < -0.4 is 4.74 Å². The van der Waals surface area contributed by atoms with Crippen molar-refractivity contribution in [3.8, 4) is 11.8 Å². The van der Waals surface area contributed by atoms with Crippen molar-refractivity contribution < 1.29 is 13.9 Å². The van der Waals surface area contributed by atoms with E-state index in [1.54, 1.807) is 31.2 Å². The van der Waals surface area contributed by atoms with E-state index < -0.39 is 6.04 Å². The molecule has 6 heteroatoms. The number of nitrogens with zero attached hydrogens (tertiary/aromatic N) is 3. The van der Waals surface area contributed by atoms with E-state index in [1.807, 2.05) is 30.3 Å². The first-order chi connectivity index (χ1) is 16.0. The van der Waals surface area contributed by atoms with E-state index in [0.29, 0.717) is 17.9 Å². The van der Waals surface area contributed by atoms with Gasteiger partial charge in [-0.15, -0.1) is 0 Å². The topological polar surface area (TPSA) is 56.6 Å². The minimum atomic E-state index is -0.479. The SMILES string of the molecule is COc1c(C#N)cc2ccccc2c1CN(C)C(=O)C(c1ccc(F)cc1)N1CCCCC1. The average Bonchev–Trinajstić information content (AvgIpc) is 2.85. The Balaban J connectivity index is 1.71. The smallest absolute Gasteiger partial charge is 0.244 e. The summed E-state index contributed by atoms with van der Waals surface area (Å²) in [7, 11) is 3.32. The molecule has 1 aliphatic rings. The van der Waals surface area contributed by atoms with E-state index in [4.69, 9.17) is 4.74 Å². The highest BCUT2D eigenvalue weighted by Crippen LogP contribution is 2.34. The molecule has 0 spiro atoms. The molecule has 0 aliphatic carbocycles. The molecule has 4 rings (SSSR count). The lowest BCUT2D eigenvalue weighted by atomic mass is 9.97. The molecule has 0 aromatic heterocycles. The number of fused-ring (bicyclic) bond motifs is 1. The first kappa shape index (κ1) is 22.8. The molecule has 1 unspecified atom stereocenters. The Labute approximate surface area is 194 Å². The Morgan fingerprint density at radius 3 is 2.52 bits per heavy atom. The van der Waals surface area contributed by atoms with Crippen LogP contribution in [-0.2, 0) is 11.3 Å². The van der Waals surface area contributed by atoms with Gasteiger partial charge in [-0.1, -0.05) is 42.8 Å². The third kappa shape index (κ3) is 4.69. The molecule has 1 fully saturated rings. The van der Waals surface area contributed by atoms with Gasteiger partial charge in [-0.2, -0.15) is 5.26 Å². The van der Waals surface area contributed by atoms with Crippen LogP contribution in [0.1, 0.15) is 42.0 Å². The number of carbonyl (C=O) groups is 1. The molecular formula is C27H28FN3O2. The summed E-state index contributed by atoms with van der Waals surface area (Å²) in [5, 5.41) is 11.5. The van der Waals surface area contributed by atoms with Crippen molar-refractivity contribution in [1.82, 2.24) is 9.80 Å². The zero-order valence-electron chi connectivity index (χ0n) is 19.1. The standard InChI is InChI=1S/C27H28FN3O2/c1-30(18-24-23-9-5-4-8-20(23)16-21(17-29)26(24)33-2)27(32)25(31-14-6-3-7-15-31)19-10-12-22(28)13-11-19/h4-5,8-13,16,25H,3,6-7,14-15,18H2,1-2H3. The molecule has 1 heterocycles. The van der Waals surface area contributed by atoms with Gasteiger partial charge in [0.1, 0.15) is 23.7 Å². The van der Waals surface area contributed by atoms with Gasteiger partial charge >= 0.3 is 0 Å². The van der Waals surface area contributed by atoms with Crippen LogP contribution in [-0.4, -0.2) is 43.0 Å². The first-order valence-corrected chi connectivity index (χ1v) is 11.3. The van der Waals surface area contributed by atoms with Crippen molar-refractivity contribution in [3.05, 3.63) is 77.1 Å². The fourth-order valence-corrected chi connectivity index (χ4v) is 4.73. The van der Waals surface area contributed by atoms with Gasteiger partial charge in [-0.3, -0.25) is 9.69 Å². The number of nitriles is 1. The summed E-state index contributed by atoms with van der Waals surface area (Å²) >= 11 is 0. The lowest BCUT2D eigenvalue weighted by Crippen LogP contribution is -2.43. The van der Waals surface area contributed by atoms with Gasteiger partial charge in [0.25, 0.3) is 0 Å². The third-order valence-electron chi connectivity index (χ3n) is 6.38. The number of rotatable bonds is 6. The molecule has 1 aliphatic heterocycles. The first-order valence-electron chi connectivity index (χ1n) is 11.3. The highest BCUT2D eigenvalue weighted by Gasteiger charge is 2.31. The van der Waals surface area contributed by atoms with E-state index in [1.165, 1.54) is 12.1 Å². The Hall–Kier alpha value is -3.43. The minimum absolute atomic E-state index is 0.0583. The van der Waals surface area contributed by atoms with Crippen LogP contribution in [0.4, 0.5) is 4.39 Å². The Morgan fingerprint density at radius 2 is 1.85 bits per heavy atom. The van der Waals surface area contributed by atoms with Gasteiger partial charge in [0.15, 0.2) is 0 Å². The minimum Gasteiger partial charge on any atom is -0.495 e. The summed E-state index contributed by atoms with van der Waals surface area (Å²) in [6.45, 7) is 1.96. The van der Waals surface area contributed by atoms with E-state index in [2.05, 4.69) is 11.0 Å². The summed E-state index contributed by atoms with van der Waals surface area (Å²) in [5.41, 5.74) is 2.04. The molecule has 0 saturated carbocycles. The quantitative estimate of drug-likeness (QED) is 0.533. The number of hydrogen-bond acceptors (Lipinski definition) is 4. The summed E-state index contributed by atoms with van der Waals surface area (Å²) in [5.74, 6) is 0.116. The van der Waals surface area contributed by atoms with Crippen molar-refractivity contribution in [1.29, 1.82) is 5.26 Å². The number of piperidine rings is 1. The number of benzene rings is 3. The van der Waals surface area contributed by atoms with Crippen LogP contribution in [0.5, 0.6) is 5.75 Å². The van der Waals surface area contributed by atoms with Crippen LogP contribution in [0.25, 0.3) is 10.8 Å². The largest absolute Gasteiger partial charge is 0.495 e. The van der Waals surface area contributed by atoms with Crippen molar-refractivity contribution in [2.75, 3.05) is 27.2 Å². The van der Waals surface area contributed by atoms with Gasteiger partial charge in [0.2, 0.25) is 5.91 Å². The van der Waals surface area contributed by atoms with Crippen molar-refractivity contribution in [3.63, 3.8) is 0 Å². The molecule has 1 amide bonds. The molecule has 3 aromatic carbocycles. The molecule has 1 saturated heterocycles.